The van der Waals surface area contributed by atoms with E-state index in [0.29, 0.717) is 60.3 Å². The Balaban J connectivity index is 1.32. The third-order valence-corrected chi connectivity index (χ3v) is 7.65. The number of anilines is 1. The van der Waals surface area contributed by atoms with Crippen molar-refractivity contribution in [1.29, 1.82) is 5.26 Å². The van der Waals surface area contributed by atoms with Crippen LogP contribution in [0.15, 0.2) is 67.0 Å². The number of nitriles is 1. The summed E-state index contributed by atoms with van der Waals surface area (Å²) in [4.78, 5) is 21.6. The van der Waals surface area contributed by atoms with Gasteiger partial charge < -0.3 is 20.1 Å². The van der Waals surface area contributed by atoms with Gasteiger partial charge in [-0.2, -0.15) is 5.26 Å². The second kappa shape index (κ2) is 13.9. The van der Waals surface area contributed by atoms with E-state index in [1.54, 1.807) is 36.5 Å². The molecule has 0 spiro atoms. The molecule has 12 heteroatoms. The zero-order chi connectivity index (χ0) is 31.9. The number of phenolic OH excluding ortho intramolecular Hbond substituents is 1. The topological polar surface area (TPSA) is 144 Å². The van der Waals surface area contributed by atoms with Crippen molar-refractivity contribution in [3.63, 3.8) is 0 Å². The molecular formula is C33H30F2N6O4. The fraction of sp³-hybridized carbons (Fsp3) is 0.212. The molecule has 10 nitrogen and oxygen atoms in total. The van der Waals surface area contributed by atoms with Gasteiger partial charge in [-0.25, -0.2) is 24.2 Å². The number of hydroxylamine groups is 1. The highest BCUT2D eigenvalue weighted by atomic mass is 19.1. The largest absolute Gasteiger partial charge is 0.504 e. The first-order valence-electron chi connectivity index (χ1n) is 14.1. The molecule has 0 unspecified atom stereocenters. The molecule has 230 valence electrons. The number of rotatable bonds is 9. The van der Waals surface area contributed by atoms with Gasteiger partial charge in [-0.1, -0.05) is 18.2 Å². The summed E-state index contributed by atoms with van der Waals surface area (Å²) in [5, 5.41) is 31.5. The average molecular weight is 613 g/mol. The van der Waals surface area contributed by atoms with Crippen LogP contribution in [-0.4, -0.2) is 52.4 Å². The molecule has 1 aliphatic rings. The molecule has 3 heterocycles. The van der Waals surface area contributed by atoms with Crippen LogP contribution < -0.4 is 20.4 Å². The third kappa shape index (κ3) is 7.06. The zero-order valence-corrected chi connectivity index (χ0v) is 24.3. The first-order chi connectivity index (χ1) is 21.8. The number of hydrogen-bond acceptors (Lipinski definition) is 9. The number of ether oxygens (including phenoxy) is 1. The number of halogens is 2. The van der Waals surface area contributed by atoms with Gasteiger partial charge in [0.2, 0.25) is 0 Å². The normalized spacial score (nSPS) is 13.5. The SMILES string of the molecule is COc1ccc(-c2cnc(N3CCC(NCc4ccc(/C=C/C(=O)NO)cc4F)CC3)c(F)c2-c2ccc(C#N)nc2)cc1O. The van der Waals surface area contributed by atoms with Crippen LogP contribution >= 0.6 is 0 Å². The summed E-state index contributed by atoms with van der Waals surface area (Å²) in [7, 11) is 1.44. The van der Waals surface area contributed by atoms with Crippen LogP contribution in [0.5, 0.6) is 11.5 Å². The maximum Gasteiger partial charge on any atom is 0.267 e. The highest BCUT2D eigenvalue weighted by molar-refractivity contribution is 5.90. The number of methoxy groups -OCH3 is 1. The molecule has 1 saturated heterocycles. The molecule has 1 aliphatic heterocycles. The number of carbonyl (C=O) groups excluding carboxylic acids is 1. The molecule has 2 aromatic heterocycles. The number of aromatic hydroxyl groups is 1. The molecule has 0 radical (unpaired) electrons. The molecular weight excluding hydrogens is 582 g/mol. The molecule has 45 heavy (non-hydrogen) atoms. The third-order valence-electron chi connectivity index (χ3n) is 7.65. The maximum absolute atomic E-state index is 16.4. The molecule has 0 saturated carbocycles. The van der Waals surface area contributed by atoms with Crippen LogP contribution in [0.4, 0.5) is 14.6 Å². The van der Waals surface area contributed by atoms with Crippen LogP contribution in [0, 0.1) is 23.0 Å². The molecule has 0 bridgehead atoms. The van der Waals surface area contributed by atoms with Crippen molar-refractivity contribution < 1.29 is 28.6 Å². The summed E-state index contributed by atoms with van der Waals surface area (Å²) in [6, 6.07) is 14.6. The Hall–Kier alpha value is -5.38. The maximum atomic E-state index is 16.4. The van der Waals surface area contributed by atoms with Gasteiger partial charge >= 0.3 is 0 Å². The van der Waals surface area contributed by atoms with E-state index < -0.39 is 17.5 Å². The number of benzene rings is 2. The summed E-state index contributed by atoms with van der Waals surface area (Å²) < 4.78 is 36.2. The van der Waals surface area contributed by atoms with Gasteiger partial charge in [0.1, 0.15) is 17.6 Å². The lowest BCUT2D eigenvalue weighted by atomic mass is 9.95. The van der Waals surface area contributed by atoms with Gasteiger partial charge in [-0.05, 0) is 60.4 Å². The summed E-state index contributed by atoms with van der Waals surface area (Å²) >= 11 is 0. The summed E-state index contributed by atoms with van der Waals surface area (Å²) in [5.41, 5.74) is 4.30. The second-order valence-corrected chi connectivity index (χ2v) is 10.4. The van der Waals surface area contributed by atoms with Crippen LogP contribution in [-0.2, 0) is 11.3 Å². The number of phenols is 1. The fourth-order valence-electron chi connectivity index (χ4n) is 5.23. The van der Waals surface area contributed by atoms with Gasteiger partial charge in [-0.15, -0.1) is 0 Å². The zero-order valence-electron chi connectivity index (χ0n) is 24.3. The van der Waals surface area contributed by atoms with Gasteiger partial charge in [0.15, 0.2) is 23.1 Å². The Kier molecular flexibility index (Phi) is 9.62. The molecule has 4 N–H and O–H groups in total. The van der Waals surface area contributed by atoms with E-state index in [0.717, 1.165) is 6.08 Å². The van der Waals surface area contributed by atoms with Gasteiger partial charge in [-0.3, -0.25) is 10.0 Å². The van der Waals surface area contributed by atoms with Crippen molar-refractivity contribution >= 4 is 17.8 Å². The molecule has 1 amide bonds. The van der Waals surface area contributed by atoms with Gasteiger partial charge in [0, 0.05) is 66.4 Å². The monoisotopic (exact) mass is 612 g/mol. The van der Waals surface area contributed by atoms with E-state index in [4.69, 9.17) is 9.94 Å². The lowest BCUT2D eigenvalue weighted by Crippen LogP contribution is -2.43. The van der Waals surface area contributed by atoms with E-state index in [-0.39, 0.29) is 34.6 Å². The van der Waals surface area contributed by atoms with Gasteiger partial charge in [0.05, 0.1) is 7.11 Å². The summed E-state index contributed by atoms with van der Waals surface area (Å²) in [5.74, 6) is -1.32. The van der Waals surface area contributed by atoms with Crippen molar-refractivity contribution in [2.75, 3.05) is 25.1 Å². The number of nitrogens with one attached hydrogen (secondary N) is 2. The number of piperidine rings is 1. The van der Waals surface area contributed by atoms with E-state index >= 15 is 4.39 Å². The number of carbonyl (C=O) groups is 1. The number of pyridine rings is 2. The molecule has 5 rings (SSSR count). The van der Waals surface area contributed by atoms with Crippen molar-refractivity contribution in [1.82, 2.24) is 20.8 Å². The Morgan fingerprint density at radius 2 is 1.89 bits per heavy atom. The standard InChI is InChI=1S/C33H30F2N6O4/c1-45-29-8-6-21(15-28(29)42)26-19-39-33(32(35)31(26)23-5-7-25(16-36)38-18-23)41-12-10-24(11-13-41)37-17-22-4-2-20(14-27(22)34)3-9-30(43)40-44/h2-9,14-15,18-19,24,37,42,44H,10-13,17H2,1H3,(H,40,43)/b9-3+. The lowest BCUT2D eigenvalue weighted by molar-refractivity contribution is -0.124. The highest BCUT2D eigenvalue weighted by Gasteiger charge is 2.26. The van der Waals surface area contributed by atoms with Crippen molar-refractivity contribution in [2.45, 2.75) is 25.4 Å². The molecule has 0 aliphatic carbocycles. The fourth-order valence-corrected chi connectivity index (χ4v) is 5.23. The average Bonchev–Trinajstić information content (AvgIpc) is 3.07. The minimum atomic E-state index is -0.710. The Morgan fingerprint density at radius 1 is 1.11 bits per heavy atom. The molecule has 0 atom stereocenters. The molecule has 2 aromatic carbocycles. The van der Waals surface area contributed by atoms with Crippen LogP contribution in [0.1, 0.15) is 29.7 Å². The molecule has 1 fully saturated rings. The van der Waals surface area contributed by atoms with Crippen LogP contribution in [0.2, 0.25) is 0 Å². The van der Waals surface area contributed by atoms with E-state index in [1.807, 2.05) is 11.0 Å². The summed E-state index contributed by atoms with van der Waals surface area (Å²) in [6.07, 6.45) is 6.83. The van der Waals surface area contributed by atoms with Crippen molar-refractivity contribution in [3.8, 4) is 39.8 Å². The first-order valence-corrected chi connectivity index (χ1v) is 14.1. The van der Waals surface area contributed by atoms with Crippen LogP contribution in [0.25, 0.3) is 28.3 Å². The Morgan fingerprint density at radius 3 is 2.53 bits per heavy atom. The smallest absolute Gasteiger partial charge is 0.267 e. The molecule has 4 aromatic rings. The number of nitrogens with zero attached hydrogens (tertiary/aromatic N) is 4. The second-order valence-electron chi connectivity index (χ2n) is 10.4. The minimum Gasteiger partial charge on any atom is -0.504 e. The minimum absolute atomic E-state index is 0.0697. The first kappa shape index (κ1) is 31.1. The van der Waals surface area contributed by atoms with Gasteiger partial charge in [0.25, 0.3) is 5.91 Å². The van der Waals surface area contributed by atoms with E-state index in [2.05, 4.69) is 15.3 Å². The van der Waals surface area contributed by atoms with Crippen molar-refractivity contribution in [2.24, 2.45) is 0 Å². The highest BCUT2D eigenvalue weighted by Crippen LogP contribution is 2.40. The quantitative estimate of drug-likeness (QED) is 0.117. The lowest BCUT2D eigenvalue weighted by Gasteiger charge is -2.34. The van der Waals surface area contributed by atoms with Crippen molar-refractivity contribution in [3.05, 3.63) is 95.5 Å². The number of hydrogen-bond donors (Lipinski definition) is 4. The summed E-state index contributed by atoms with van der Waals surface area (Å²) in [6.45, 7) is 1.31. The Bertz CT molecular complexity index is 1770. The predicted molar refractivity (Wildman–Crippen MR) is 163 cm³/mol. The number of aromatic nitrogens is 2. The Labute approximate surface area is 258 Å². The van der Waals surface area contributed by atoms with E-state index in [1.165, 1.54) is 43.1 Å². The number of amides is 1. The van der Waals surface area contributed by atoms with E-state index in [9.17, 15) is 19.6 Å². The predicted octanol–water partition coefficient (Wildman–Crippen LogP) is 4.95. The van der Waals surface area contributed by atoms with Crippen LogP contribution in [0.3, 0.4) is 0 Å².